The zero-order valence-corrected chi connectivity index (χ0v) is 14.0. The number of carbonyl (C=O) groups is 3. The van der Waals surface area contributed by atoms with Crippen molar-refractivity contribution in [2.75, 3.05) is 46.3 Å². The van der Waals surface area contributed by atoms with Gasteiger partial charge in [-0.2, -0.15) is 0 Å². The predicted molar refractivity (Wildman–Crippen MR) is 84.7 cm³/mol. The van der Waals surface area contributed by atoms with Gasteiger partial charge in [-0.05, 0) is 19.8 Å². The number of likely N-dealkylation sites (tertiary alicyclic amines) is 2. The van der Waals surface area contributed by atoms with Gasteiger partial charge in [0, 0.05) is 58.8 Å². The summed E-state index contributed by atoms with van der Waals surface area (Å²) in [4.78, 5) is 43.8. The topological polar surface area (TPSA) is 64.2 Å². The molecule has 1 atom stereocenters. The van der Waals surface area contributed by atoms with Crippen LogP contribution >= 0.6 is 0 Å². The van der Waals surface area contributed by atoms with Gasteiger partial charge in [-0.1, -0.05) is 0 Å². The Kier molecular flexibility index (Phi) is 4.46. The molecule has 3 saturated heterocycles. The van der Waals surface area contributed by atoms with Crippen molar-refractivity contribution in [1.82, 2.24) is 19.6 Å². The van der Waals surface area contributed by atoms with Gasteiger partial charge in [-0.3, -0.25) is 9.59 Å². The lowest BCUT2D eigenvalue weighted by molar-refractivity contribution is -0.137. The zero-order chi connectivity index (χ0) is 16.6. The lowest BCUT2D eigenvalue weighted by Crippen LogP contribution is -2.49. The average Bonchev–Trinajstić information content (AvgIpc) is 3.09. The molecule has 3 aliphatic rings. The lowest BCUT2D eigenvalue weighted by Gasteiger charge is -2.37. The highest BCUT2D eigenvalue weighted by Crippen LogP contribution is 2.24. The number of piperidine rings is 1. The summed E-state index contributed by atoms with van der Waals surface area (Å²) in [5.41, 5.74) is 0. The summed E-state index contributed by atoms with van der Waals surface area (Å²) in [5, 5.41) is 0. The van der Waals surface area contributed by atoms with E-state index in [0.29, 0.717) is 26.1 Å². The molecule has 4 amide bonds. The molecule has 3 aliphatic heterocycles. The van der Waals surface area contributed by atoms with Gasteiger partial charge in [0.05, 0.1) is 5.92 Å². The van der Waals surface area contributed by atoms with Gasteiger partial charge in [0.25, 0.3) is 0 Å². The molecule has 0 bridgehead atoms. The second-order valence-electron chi connectivity index (χ2n) is 6.79. The molecule has 0 saturated carbocycles. The van der Waals surface area contributed by atoms with E-state index in [4.69, 9.17) is 0 Å². The van der Waals surface area contributed by atoms with Crippen LogP contribution in [-0.4, -0.2) is 89.8 Å². The summed E-state index contributed by atoms with van der Waals surface area (Å²) in [7, 11) is 1.75. The number of hydrogen-bond donors (Lipinski definition) is 0. The van der Waals surface area contributed by atoms with E-state index in [1.165, 1.54) is 0 Å². The summed E-state index contributed by atoms with van der Waals surface area (Å²) in [6.45, 7) is 6.28. The monoisotopic (exact) mass is 322 g/mol. The fraction of sp³-hybridized carbons (Fsp3) is 0.812. The zero-order valence-electron chi connectivity index (χ0n) is 14.0. The van der Waals surface area contributed by atoms with E-state index in [1.54, 1.807) is 11.9 Å². The maximum Gasteiger partial charge on any atom is 0.320 e. The third kappa shape index (κ3) is 3.01. The van der Waals surface area contributed by atoms with Crippen LogP contribution in [0.5, 0.6) is 0 Å². The second kappa shape index (κ2) is 6.37. The summed E-state index contributed by atoms with van der Waals surface area (Å²) < 4.78 is 0. The van der Waals surface area contributed by atoms with Crippen LogP contribution in [0.15, 0.2) is 0 Å². The molecule has 0 N–H and O–H groups in total. The van der Waals surface area contributed by atoms with Crippen molar-refractivity contribution < 1.29 is 14.4 Å². The Morgan fingerprint density at radius 1 is 1.13 bits per heavy atom. The van der Waals surface area contributed by atoms with E-state index in [2.05, 4.69) is 0 Å². The molecular formula is C16H26N4O3. The molecule has 0 radical (unpaired) electrons. The van der Waals surface area contributed by atoms with Crippen molar-refractivity contribution in [3.05, 3.63) is 0 Å². The molecule has 7 nitrogen and oxygen atoms in total. The quantitative estimate of drug-likeness (QED) is 0.746. The lowest BCUT2D eigenvalue weighted by atomic mass is 10.0. The number of nitrogens with zero attached hydrogens (tertiary/aromatic N) is 4. The molecule has 0 aromatic carbocycles. The number of carbonyl (C=O) groups excluding carboxylic acids is 3. The summed E-state index contributed by atoms with van der Waals surface area (Å²) >= 11 is 0. The van der Waals surface area contributed by atoms with E-state index >= 15 is 0 Å². The highest BCUT2D eigenvalue weighted by molar-refractivity contribution is 5.89. The Balaban J connectivity index is 1.52. The maximum atomic E-state index is 12.5. The van der Waals surface area contributed by atoms with E-state index in [9.17, 15) is 14.4 Å². The summed E-state index contributed by atoms with van der Waals surface area (Å²) in [5.74, 6) is -0.0299. The molecule has 0 aromatic rings. The Hall–Kier alpha value is -1.79. The molecule has 1 unspecified atom stereocenters. The normalized spacial score (nSPS) is 26.6. The number of amides is 4. The fourth-order valence-electron chi connectivity index (χ4n) is 3.92. The smallest absolute Gasteiger partial charge is 0.320 e. The third-order valence-electron chi connectivity index (χ3n) is 5.42. The third-order valence-corrected chi connectivity index (χ3v) is 5.42. The number of hydrogen-bond acceptors (Lipinski definition) is 3. The Bertz CT molecular complexity index is 502. The second-order valence-corrected chi connectivity index (χ2v) is 6.79. The van der Waals surface area contributed by atoms with Crippen LogP contribution < -0.4 is 0 Å². The first-order valence-corrected chi connectivity index (χ1v) is 8.59. The number of likely N-dealkylation sites (N-methyl/N-ethyl adjacent to an activating group) is 1. The first kappa shape index (κ1) is 16.1. The Labute approximate surface area is 137 Å². The van der Waals surface area contributed by atoms with E-state index in [0.717, 1.165) is 32.5 Å². The molecule has 3 rings (SSSR count). The molecule has 128 valence electrons. The fourth-order valence-corrected chi connectivity index (χ4v) is 3.92. The van der Waals surface area contributed by atoms with Crippen molar-refractivity contribution >= 4 is 17.8 Å². The van der Waals surface area contributed by atoms with Crippen LogP contribution in [0, 0.1) is 5.92 Å². The van der Waals surface area contributed by atoms with Crippen molar-refractivity contribution in [3.8, 4) is 0 Å². The van der Waals surface area contributed by atoms with Crippen LogP contribution in [0.1, 0.15) is 26.2 Å². The van der Waals surface area contributed by atoms with Crippen LogP contribution in [0.25, 0.3) is 0 Å². The number of urea groups is 1. The van der Waals surface area contributed by atoms with Crippen molar-refractivity contribution in [1.29, 1.82) is 0 Å². The Morgan fingerprint density at radius 2 is 1.83 bits per heavy atom. The molecule has 3 heterocycles. The minimum Gasteiger partial charge on any atom is -0.345 e. The van der Waals surface area contributed by atoms with Crippen LogP contribution in [-0.2, 0) is 9.59 Å². The van der Waals surface area contributed by atoms with E-state index in [-0.39, 0.29) is 29.8 Å². The molecular weight excluding hydrogens is 296 g/mol. The summed E-state index contributed by atoms with van der Waals surface area (Å²) in [6, 6.07) is 0.385. The van der Waals surface area contributed by atoms with Crippen LogP contribution in [0.3, 0.4) is 0 Å². The van der Waals surface area contributed by atoms with E-state index in [1.807, 2.05) is 21.6 Å². The van der Waals surface area contributed by atoms with Crippen LogP contribution in [0.2, 0.25) is 0 Å². The Morgan fingerprint density at radius 3 is 2.35 bits per heavy atom. The maximum absolute atomic E-state index is 12.5. The SMILES string of the molecule is CCN1CCN(C2CCN(C(=O)C3CC(=O)N(C)C3)CC2)C1=O. The van der Waals surface area contributed by atoms with E-state index < -0.39 is 0 Å². The van der Waals surface area contributed by atoms with Crippen LogP contribution in [0.4, 0.5) is 4.79 Å². The first-order valence-electron chi connectivity index (χ1n) is 8.59. The first-order chi connectivity index (χ1) is 11.0. The van der Waals surface area contributed by atoms with Gasteiger partial charge >= 0.3 is 6.03 Å². The summed E-state index contributed by atoms with van der Waals surface area (Å²) in [6.07, 6.45) is 2.02. The van der Waals surface area contributed by atoms with Gasteiger partial charge < -0.3 is 19.6 Å². The molecule has 0 spiro atoms. The van der Waals surface area contributed by atoms with Crippen molar-refractivity contribution in [2.45, 2.75) is 32.2 Å². The van der Waals surface area contributed by atoms with Gasteiger partial charge in [0.2, 0.25) is 11.8 Å². The number of rotatable bonds is 3. The van der Waals surface area contributed by atoms with Crippen molar-refractivity contribution in [3.63, 3.8) is 0 Å². The highest BCUT2D eigenvalue weighted by Gasteiger charge is 2.38. The minimum absolute atomic E-state index is 0.0561. The minimum atomic E-state index is -0.187. The van der Waals surface area contributed by atoms with Gasteiger partial charge in [-0.25, -0.2) is 4.79 Å². The van der Waals surface area contributed by atoms with Gasteiger partial charge in [-0.15, -0.1) is 0 Å². The van der Waals surface area contributed by atoms with Gasteiger partial charge in [0.1, 0.15) is 0 Å². The molecule has 23 heavy (non-hydrogen) atoms. The molecule has 3 fully saturated rings. The molecule has 0 aliphatic carbocycles. The molecule has 7 heteroatoms. The van der Waals surface area contributed by atoms with Gasteiger partial charge in [0.15, 0.2) is 0 Å². The van der Waals surface area contributed by atoms with Crippen molar-refractivity contribution in [2.24, 2.45) is 5.92 Å². The predicted octanol–water partition coefficient (Wildman–Crippen LogP) is 0.213. The molecule has 0 aromatic heterocycles. The average molecular weight is 322 g/mol. The standard InChI is InChI=1S/C16H26N4O3/c1-3-18-8-9-20(16(18)23)13-4-6-19(7-5-13)15(22)12-10-14(21)17(2)11-12/h12-13H,3-11H2,1-2H3. The highest BCUT2D eigenvalue weighted by atomic mass is 16.2. The largest absolute Gasteiger partial charge is 0.345 e.